The normalized spacial score (nSPS) is 13.0. The van der Waals surface area contributed by atoms with Gasteiger partial charge in [-0.05, 0) is 43.5 Å². The lowest BCUT2D eigenvalue weighted by atomic mass is 9.90. The molecule has 2 aromatic carbocycles. The molecule has 0 saturated carbocycles. The third-order valence-corrected chi connectivity index (χ3v) is 4.24. The van der Waals surface area contributed by atoms with Gasteiger partial charge < -0.3 is 14.3 Å². The summed E-state index contributed by atoms with van der Waals surface area (Å²) in [5, 5.41) is 0.461. The molecule has 0 heterocycles. The number of benzene rings is 2. The van der Waals surface area contributed by atoms with E-state index in [-0.39, 0.29) is 11.8 Å². The molecule has 138 valence electrons. The molecule has 0 radical (unpaired) electrons. The summed E-state index contributed by atoms with van der Waals surface area (Å²) in [6.45, 7) is 5.20. The fourth-order valence-corrected chi connectivity index (χ4v) is 2.92. The SMILES string of the molecule is CCOCC(C)CC(C=O)c1ccccc1OC(=O)c1cccc(Cl)c1. The molecule has 0 amide bonds. The van der Waals surface area contributed by atoms with Gasteiger partial charge in [-0.2, -0.15) is 0 Å². The molecular formula is C21H23ClO4. The summed E-state index contributed by atoms with van der Waals surface area (Å²) in [6, 6.07) is 13.7. The number of esters is 1. The number of hydrogen-bond donors (Lipinski definition) is 0. The van der Waals surface area contributed by atoms with E-state index in [0.717, 1.165) is 6.29 Å². The number of halogens is 1. The van der Waals surface area contributed by atoms with Gasteiger partial charge in [-0.1, -0.05) is 42.8 Å². The molecule has 0 aliphatic rings. The molecule has 0 N–H and O–H groups in total. The summed E-state index contributed by atoms with van der Waals surface area (Å²) >= 11 is 5.93. The Morgan fingerprint density at radius 3 is 2.65 bits per heavy atom. The van der Waals surface area contributed by atoms with Gasteiger partial charge in [-0.25, -0.2) is 4.79 Å². The number of ether oxygens (including phenoxy) is 2. The van der Waals surface area contributed by atoms with E-state index in [1.165, 1.54) is 0 Å². The van der Waals surface area contributed by atoms with Gasteiger partial charge in [0.15, 0.2) is 0 Å². The average Bonchev–Trinajstić information content (AvgIpc) is 2.65. The molecule has 0 aromatic heterocycles. The monoisotopic (exact) mass is 374 g/mol. The van der Waals surface area contributed by atoms with Crippen LogP contribution in [-0.2, 0) is 9.53 Å². The van der Waals surface area contributed by atoms with Crippen molar-refractivity contribution in [1.82, 2.24) is 0 Å². The van der Waals surface area contributed by atoms with Gasteiger partial charge >= 0.3 is 5.97 Å². The summed E-state index contributed by atoms with van der Waals surface area (Å²) in [5.41, 5.74) is 1.06. The zero-order valence-corrected chi connectivity index (χ0v) is 15.7. The highest BCUT2D eigenvalue weighted by Crippen LogP contribution is 2.30. The Labute approximate surface area is 159 Å². The molecule has 0 bridgehead atoms. The molecule has 4 nitrogen and oxygen atoms in total. The summed E-state index contributed by atoms with van der Waals surface area (Å²) in [6.07, 6.45) is 1.52. The van der Waals surface area contributed by atoms with Gasteiger partial charge in [-0.3, -0.25) is 0 Å². The molecule has 2 rings (SSSR count). The maximum Gasteiger partial charge on any atom is 0.343 e. The smallest absolute Gasteiger partial charge is 0.343 e. The van der Waals surface area contributed by atoms with E-state index in [1.807, 2.05) is 26.0 Å². The van der Waals surface area contributed by atoms with Crippen molar-refractivity contribution >= 4 is 23.9 Å². The van der Waals surface area contributed by atoms with Gasteiger partial charge in [0.1, 0.15) is 12.0 Å². The average molecular weight is 375 g/mol. The minimum absolute atomic E-state index is 0.210. The molecule has 0 saturated heterocycles. The third-order valence-electron chi connectivity index (χ3n) is 4.01. The molecule has 0 aliphatic heterocycles. The Bertz CT molecular complexity index is 744. The first-order valence-corrected chi connectivity index (χ1v) is 9.02. The van der Waals surface area contributed by atoms with E-state index in [4.69, 9.17) is 21.1 Å². The van der Waals surface area contributed by atoms with Crippen LogP contribution in [0.2, 0.25) is 5.02 Å². The summed E-state index contributed by atoms with van der Waals surface area (Å²) in [5.74, 6) is -0.277. The molecular weight excluding hydrogens is 352 g/mol. The van der Waals surface area contributed by atoms with E-state index in [0.29, 0.717) is 41.5 Å². The van der Waals surface area contributed by atoms with Crippen molar-refractivity contribution in [3.8, 4) is 5.75 Å². The van der Waals surface area contributed by atoms with E-state index < -0.39 is 5.97 Å². The minimum Gasteiger partial charge on any atom is -0.423 e. The fraction of sp³-hybridized carbons (Fsp3) is 0.333. The molecule has 5 heteroatoms. The van der Waals surface area contributed by atoms with Crippen molar-refractivity contribution in [2.45, 2.75) is 26.2 Å². The largest absolute Gasteiger partial charge is 0.423 e. The van der Waals surface area contributed by atoms with Gasteiger partial charge in [0.2, 0.25) is 0 Å². The highest BCUT2D eigenvalue weighted by Gasteiger charge is 2.20. The lowest BCUT2D eigenvalue weighted by Gasteiger charge is -2.19. The topological polar surface area (TPSA) is 52.6 Å². The van der Waals surface area contributed by atoms with Gasteiger partial charge in [0.25, 0.3) is 0 Å². The summed E-state index contributed by atoms with van der Waals surface area (Å²) in [7, 11) is 0. The summed E-state index contributed by atoms with van der Waals surface area (Å²) in [4.78, 5) is 24.1. The van der Waals surface area contributed by atoms with Crippen LogP contribution in [0.3, 0.4) is 0 Å². The van der Waals surface area contributed by atoms with Crippen molar-refractivity contribution in [1.29, 1.82) is 0 Å². The molecule has 2 unspecified atom stereocenters. The Balaban J connectivity index is 2.17. The van der Waals surface area contributed by atoms with E-state index >= 15 is 0 Å². The second-order valence-electron chi connectivity index (χ2n) is 6.18. The number of carbonyl (C=O) groups is 2. The molecule has 0 aliphatic carbocycles. The van der Waals surface area contributed by atoms with Crippen molar-refractivity contribution < 1.29 is 19.1 Å². The Hall–Kier alpha value is -2.17. The molecule has 26 heavy (non-hydrogen) atoms. The number of aldehydes is 1. The van der Waals surface area contributed by atoms with E-state index in [1.54, 1.807) is 36.4 Å². The van der Waals surface area contributed by atoms with Gasteiger partial charge in [0.05, 0.1) is 5.56 Å². The predicted octanol–water partition coefficient (Wildman–Crippen LogP) is 4.90. The number of para-hydroxylation sites is 1. The second kappa shape index (κ2) is 10.1. The van der Waals surface area contributed by atoms with Crippen LogP contribution in [0.4, 0.5) is 0 Å². The van der Waals surface area contributed by atoms with Crippen LogP contribution in [0.15, 0.2) is 48.5 Å². The quantitative estimate of drug-likeness (QED) is 0.355. The van der Waals surface area contributed by atoms with E-state index in [9.17, 15) is 9.59 Å². The predicted molar refractivity (Wildman–Crippen MR) is 102 cm³/mol. The number of rotatable bonds is 9. The summed E-state index contributed by atoms with van der Waals surface area (Å²) < 4.78 is 11.0. The van der Waals surface area contributed by atoms with Crippen LogP contribution in [0.5, 0.6) is 5.75 Å². The van der Waals surface area contributed by atoms with E-state index in [2.05, 4.69) is 0 Å². The first kappa shape index (κ1) is 20.1. The maximum absolute atomic E-state index is 12.4. The van der Waals surface area contributed by atoms with Crippen LogP contribution in [0.1, 0.15) is 42.1 Å². The third kappa shape index (κ3) is 5.68. The van der Waals surface area contributed by atoms with Crippen molar-refractivity contribution in [3.63, 3.8) is 0 Å². The zero-order valence-electron chi connectivity index (χ0n) is 15.0. The van der Waals surface area contributed by atoms with Crippen molar-refractivity contribution in [2.24, 2.45) is 5.92 Å². The maximum atomic E-state index is 12.4. The Morgan fingerprint density at radius 1 is 1.19 bits per heavy atom. The lowest BCUT2D eigenvalue weighted by Crippen LogP contribution is -2.15. The van der Waals surface area contributed by atoms with Crippen molar-refractivity contribution in [2.75, 3.05) is 13.2 Å². The zero-order chi connectivity index (χ0) is 18.9. The van der Waals surface area contributed by atoms with Crippen LogP contribution in [0, 0.1) is 5.92 Å². The van der Waals surface area contributed by atoms with Crippen LogP contribution in [-0.4, -0.2) is 25.5 Å². The van der Waals surface area contributed by atoms with Crippen LogP contribution in [0.25, 0.3) is 0 Å². The molecule has 2 atom stereocenters. The number of carbonyl (C=O) groups excluding carboxylic acids is 2. The van der Waals surface area contributed by atoms with Gasteiger partial charge in [0, 0.05) is 29.7 Å². The number of hydrogen-bond acceptors (Lipinski definition) is 4. The highest BCUT2D eigenvalue weighted by atomic mass is 35.5. The highest BCUT2D eigenvalue weighted by molar-refractivity contribution is 6.30. The molecule has 2 aromatic rings. The Morgan fingerprint density at radius 2 is 1.96 bits per heavy atom. The minimum atomic E-state index is -0.507. The van der Waals surface area contributed by atoms with Gasteiger partial charge in [-0.15, -0.1) is 0 Å². The fourth-order valence-electron chi connectivity index (χ4n) is 2.73. The Kier molecular flexibility index (Phi) is 7.82. The van der Waals surface area contributed by atoms with Crippen molar-refractivity contribution in [3.05, 3.63) is 64.7 Å². The first-order valence-electron chi connectivity index (χ1n) is 8.64. The first-order chi connectivity index (χ1) is 12.5. The molecule has 0 fully saturated rings. The lowest BCUT2D eigenvalue weighted by molar-refractivity contribution is -0.109. The molecule has 0 spiro atoms. The van der Waals surface area contributed by atoms with Crippen LogP contribution < -0.4 is 4.74 Å². The standard InChI is InChI=1S/C21H23ClO4/c1-3-25-14-15(2)11-17(13-23)19-9-4-5-10-20(19)26-21(24)16-7-6-8-18(22)12-16/h4-10,12-13,15,17H,3,11,14H2,1-2H3. The second-order valence-corrected chi connectivity index (χ2v) is 6.62. The van der Waals surface area contributed by atoms with Crippen LogP contribution >= 0.6 is 11.6 Å².